The summed E-state index contributed by atoms with van der Waals surface area (Å²) in [4.78, 5) is 2.24. The highest BCUT2D eigenvalue weighted by atomic mass is 15.0. The molecule has 1 aliphatic carbocycles. The fraction of sp³-hybridized carbons (Fsp3) is 0.500. The van der Waals surface area contributed by atoms with Crippen LogP contribution in [-0.4, -0.2) is 19.0 Å². The minimum atomic E-state index is 1.09. The number of benzene rings is 1. The molecule has 1 heteroatoms. The van der Waals surface area contributed by atoms with Gasteiger partial charge in [0.1, 0.15) is 0 Å². The van der Waals surface area contributed by atoms with Gasteiger partial charge in [0.25, 0.3) is 0 Å². The van der Waals surface area contributed by atoms with Crippen LogP contribution in [0.15, 0.2) is 18.2 Å². The van der Waals surface area contributed by atoms with Crippen LogP contribution < -0.4 is 0 Å². The van der Waals surface area contributed by atoms with E-state index >= 15 is 0 Å². The lowest BCUT2D eigenvalue weighted by Crippen LogP contribution is -2.12. The molecule has 0 fully saturated rings. The van der Waals surface area contributed by atoms with E-state index in [9.17, 15) is 0 Å². The van der Waals surface area contributed by atoms with Crippen LogP contribution in [0.1, 0.15) is 23.1 Å². The van der Waals surface area contributed by atoms with Crippen molar-refractivity contribution in [3.05, 3.63) is 34.9 Å². The lowest BCUT2D eigenvalue weighted by molar-refractivity contribution is 0.401. The van der Waals surface area contributed by atoms with Gasteiger partial charge in [0, 0.05) is 6.54 Å². The first kappa shape index (κ1) is 8.76. The Morgan fingerprint density at radius 3 is 2.85 bits per heavy atom. The van der Waals surface area contributed by atoms with Crippen LogP contribution in [0.3, 0.4) is 0 Å². The number of aryl methyl sites for hydroxylation is 1. The zero-order chi connectivity index (χ0) is 9.26. The molecule has 1 aliphatic rings. The fourth-order valence-corrected chi connectivity index (χ4v) is 2.19. The zero-order valence-electron chi connectivity index (χ0n) is 8.51. The van der Waals surface area contributed by atoms with Crippen molar-refractivity contribution in [1.82, 2.24) is 4.90 Å². The fourth-order valence-electron chi connectivity index (χ4n) is 2.19. The van der Waals surface area contributed by atoms with Crippen LogP contribution in [-0.2, 0) is 19.4 Å². The van der Waals surface area contributed by atoms with Gasteiger partial charge in [-0.3, -0.25) is 0 Å². The van der Waals surface area contributed by atoms with Crippen molar-refractivity contribution in [3.8, 4) is 0 Å². The van der Waals surface area contributed by atoms with Gasteiger partial charge in [-0.1, -0.05) is 18.2 Å². The summed E-state index contributed by atoms with van der Waals surface area (Å²) in [7, 11) is 4.27. The van der Waals surface area contributed by atoms with Crippen molar-refractivity contribution >= 4 is 0 Å². The maximum absolute atomic E-state index is 2.28. The van der Waals surface area contributed by atoms with E-state index < -0.39 is 0 Å². The molecule has 0 radical (unpaired) electrons. The second-order valence-corrected chi connectivity index (χ2v) is 4.15. The minimum Gasteiger partial charge on any atom is -0.305 e. The van der Waals surface area contributed by atoms with E-state index in [2.05, 4.69) is 37.2 Å². The molecule has 0 spiro atoms. The average Bonchev–Trinajstić information content (AvgIpc) is 2.51. The topological polar surface area (TPSA) is 3.24 Å². The van der Waals surface area contributed by atoms with Gasteiger partial charge in [0.15, 0.2) is 0 Å². The van der Waals surface area contributed by atoms with Crippen LogP contribution in [0.5, 0.6) is 0 Å². The Hall–Kier alpha value is -0.820. The molecule has 0 amide bonds. The normalized spacial score (nSPS) is 15.0. The van der Waals surface area contributed by atoms with Gasteiger partial charge >= 0.3 is 0 Å². The summed E-state index contributed by atoms with van der Waals surface area (Å²) in [6.45, 7) is 1.09. The summed E-state index contributed by atoms with van der Waals surface area (Å²) < 4.78 is 0. The van der Waals surface area contributed by atoms with E-state index in [1.807, 2.05) is 0 Å². The molecule has 0 aliphatic heterocycles. The summed E-state index contributed by atoms with van der Waals surface area (Å²) in [5.74, 6) is 0. The third kappa shape index (κ3) is 1.75. The van der Waals surface area contributed by atoms with Crippen LogP contribution in [0.2, 0.25) is 0 Å². The molecule has 0 aromatic heterocycles. The molecule has 0 saturated heterocycles. The monoisotopic (exact) mass is 175 g/mol. The van der Waals surface area contributed by atoms with Crippen LogP contribution in [0, 0.1) is 0 Å². The summed E-state index contributed by atoms with van der Waals surface area (Å²) in [6, 6.07) is 6.74. The van der Waals surface area contributed by atoms with Crippen molar-refractivity contribution in [2.75, 3.05) is 14.1 Å². The van der Waals surface area contributed by atoms with Gasteiger partial charge in [0.2, 0.25) is 0 Å². The Balaban J connectivity index is 2.30. The number of fused-ring (bicyclic) bond motifs is 1. The number of rotatable bonds is 2. The molecule has 1 aromatic carbocycles. The molecular formula is C12H17N. The number of hydrogen-bond acceptors (Lipinski definition) is 1. The Morgan fingerprint density at radius 2 is 2.08 bits per heavy atom. The minimum absolute atomic E-state index is 1.09. The zero-order valence-corrected chi connectivity index (χ0v) is 8.51. The van der Waals surface area contributed by atoms with Gasteiger partial charge in [-0.25, -0.2) is 0 Å². The van der Waals surface area contributed by atoms with Crippen molar-refractivity contribution < 1.29 is 0 Å². The molecule has 0 N–H and O–H groups in total. The highest BCUT2D eigenvalue weighted by Crippen LogP contribution is 2.25. The Labute approximate surface area is 80.4 Å². The molecule has 1 nitrogen and oxygen atoms in total. The van der Waals surface area contributed by atoms with Gasteiger partial charge < -0.3 is 4.90 Å². The summed E-state index contributed by atoms with van der Waals surface area (Å²) in [5, 5.41) is 0. The highest BCUT2D eigenvalue weighted by molar-refractivity contribution is 5.38. The second-order valence-electron chi connectivity index (χ2n) is 4.15. The van der Waals surface area contributed by atoms with Crippen LogP contribution in [0.25, 0.3) is 0 Å². The van der Waals surface area contributed by atoms with E-state index in [0.29, 0.717) is 0 Å². The second kappa shape index (κ2) is 3.51. The third-order valence-corrected chi connectivity index (χ3v) is 2.73. The summed E-state index contributed by atoms with van der Waals surface area (Å²) in [6.07, 6.45) is 3.93. The molecule has 0 saturated carbocycles. The quantitative estimate of drug-likeness (QED) is 0.666. The molecular weight excluding hydrogens is 158 g/mol. The first-order valence-corrected chi connectivity index (χ1v) is 5.02. The molecule has 13 heavy (non-hydrogen) atoms. The van der Waals surface area contributed by atoms with E-state index in [4.69, 9.17) is 0 Å². The third-order valence-electron chi connectivity index (χ3n) is 2.73. The molecule has 0 atom stereocenters. The maximum atomic E-state index is 2.28. The van der Waals surface area contributed by atoms with Gasteiger partial charge in [0.05, 0.1) is 0 Å². The largest absolute Gasteiger partial charge is 0.305 e. The van der Waals surface area contributed by atoms with Crippen molar-refractivity contribution in [2.45, 2.75) is 25.8 Å². The van der Waals surface area contributed by atoms with E-state index in [0.717, 1.165) is 6.54 Å². The Morgan fingerprint density at radius 1 is 1.23 bits per heavy atom. The van der Waals surface area contributed by atoms with Crippen LogP contribution in [0.4, 0.5) is 0 Å². The number of nitrogens with zero attached hydrogens (tertiary/aromatic N) is 1. The predicted octanol–water partition coefficient (Wildman–Crippen LogP) is 2.24. The first-order valence-electron chi connectivity index (χ1n) is 5.02. The van der Waals surface area contributed by atoms with Gasteiger partial charge in [-0.05, 0) is 50.0 Å². The van der Waals surface area contributed by atoms with E-state index in [-0.39, 0.29) is 0 Å². The van der Waals surface area contributed by atoms with Crippen molar-refractivity contribution in [1.29, 1.82) is 0 Å². The number of hydrogen-bond donors (Lipinski definition) is 0. The molecule has 2 rings (SSSR count). The molecule has 0 unspecified atom stereocenters. The Bertz CT molecular complexity index is 302. The average molecular weight is 175 g/mol. The SMILES string of the molecule is CN(C)Cc1cccc2c1CCC2. The van der Waals surface area contributed by atoms with Gasteiger partial charge in [-0.2, -0.15) is 0 Å². The van der Waals surface area contributed by atoms with E-state index in [1.54, 1.807) is 11.1 Å². The standard InChI is InChI=1S/C12H17N/c1-13(2)9-11-7-3-5-10-6-4-8-12(10)11/h3,5,7H,4,6,8-9H2,1-2H3. The van der Waals surface area contributed by atoms with Crippen LogP contribution >= 0.6 is 0 Å². The lowest BCUT2D eigenvalue weighted by Gasteiger charge is -2.13. The highest BCUT2D eigenvalue weighted by Gasteiger charge is 2.13. The smallest absolute Gasteiger partial charge is 0.0230 e. The van der Waals surface area contributed by atoms with Crippen molar-refractivity contribution in [2.24, 2.45) is 0 Å². The summed E-state index contributed by atoms with van der Waals surface area (Å²) >= 11 is 0. The molecule has 0 heterocycles. The molecule has 1 aromatic rings. The summed E-state index contributed by atoms with van der Waals surface area (Å²) in [5.41, 5.74) is 4.73. The van der Waals surface area contributed by atoms with E-state index in [1.165, 1.54) is 24.8 Å². The maximum Gasteiger partial charge on any atom is 0.0230 e. The predicted molar refractivity (Wildman–Crippen MR) is 55.9 cm³/mol. The first-order chi connectivity index (χ1) is 6.27. The van der Waals surface area contributed by atoms with Gasteiger partial charge in [-0.15, -0.1) is 0 Å². The molecule has 70 valence electrons. The van der Waals surface area contributed by atoms with Crippen molar-refractivity contribution in [3.63, 3.8) is 0 Å². The molecule has 0 bridgehead atoms. The Kier molecular flexibility index (Phi) is 2.36. The lowest BCUT2D eigenvalue weighted by atomic mass is 10.0.